The van der Waals surface area contributed by atoms with Gasteiger partial charge >= 0.3 is 0 Å². The zero-order valence-corrected chi connectivity index (χ0v) is 8.58. The van der Waals surface area contributed by atoms with Gasteiger partial charge in [0.15, 0.2) is 5.17 Å². The predicted octanol–water partition coefficient (Wildman–Crippen LogP) is 0.462. The van der Waals surface area contributed by atoms with Crippen molar-refractivity contribution in [3.63, 3.8) is 0 Å². The van der Waals surface area contributed by atoms with Crippen molar-refractivity contribution in [2.75, 3.05) is 23.8 Å². The fourth-order valence-corrected chi connectivity index (χ4v) is 1.95. The number of nitrogens with one attached hydrogen (secondary N) is 1. The number of carbonyl (C=O) groups excluding carboxylic acids is 1. The summed E-state index contributed by atoms with van der Waals surface area (Å²) in [6, 6.07) is 1.96. The molecule has 0 radical (unpaired) electrons. The van der Waals surface area contributed by atoms with Crippen molar-refractivity contribution in [3.05, 3.63) is 0 Å². The minimum Gasteiger partial charge on any atom is -0.305 e. The van der Waals surface area contributed by atoms with Gasteiger partial charge in [0, 0.05) is 5.75 Å². The number of nitrogens with zero attached hydrogens (tertiary/aromatic N) is 2. The van der Waals surface area contributed by atoms with Crippen molar-refractivity contribution in [2.24, 2.45) is 4.99 Å². The minimum atomic E-state index is -0.0756. The van der Waals surface area contributed by atoms with E-state index in [0.29, 0.717) is 16.7 Å². The second-order valence-corrected chi connectivity index (χ2v) is 4.30. The topological polar surface area (TPSA) is 65.2 Å². The van der Waals surface area contributed by atoms with Crippen LogP contribution in [0.2, 0.25) is 0 Å². The van der Waals surface area contributed by atoms with Crippen molar-refractivity contribution in [1.29, 1.82) is 5.26 Å². The summed E-state index contributed by atoms with van der Waals surface area (Å²) in [6.07, 6.45) is 0. The van der Waals surface area contributed by atoms with E-state index in [1.807, 2.05) is 6.07 Å². The van der Waals surface area contributed by atoms with Crippen molar-refractivity contribution < 1.29 is 4.79 Å². The highest BCUT2D eigenvalue weighted by molar-refractivity contribution is 8.14. The molecule has 0 fully saturated rings. The maximum atomic E-state index is 11.1. The van der Waals surface area contributed by atoms with Crippen LogP contribution in [0.1, 0.15) is 0 Å². The first-order valence-electron chi connectivity index (χ1n) is 3.74. The molecule has 0 aromatic carbocycles. The average molecular weight is 215 g/mol. The van der Waals surface area contributed by atoms with E-state index in [9.17, 15) is 4.79 Å². The van der Waals surface area contributed by atoms with Crippen LogP contribution in [-0.2, 0) is 4.79 Å². The van der Waals surface area contributed by atoms with Crippen molar-refractivity contribution in [2.45, 2.75) is 0 Å². The van der Waals surface area contributed by atoms with Gasteiger partial charge in [-0.25, -0.2) is 0 Å². The van der Waals surface area contributed by atoms with Crippen LogP contribution in [0.25, 0.3) is 0 Å². The maximum absolute atomic E-state index is 11.1. The van der Waals surface area contributed by atoms with E-state index in [2.05, 4.69) is 10.3 Å². The van der Waals surface area contributed by atoms with Gasteiger partial charge in [-0.1, -0.05) is 11.8 Å². The maximum Gasteiger partial charge on any atom is 0.235 e. The zero-order valence-electron chi connectivity index (χ0n) is 6.95. The lowest BCUT2D eigenvalue weighted by Gasteiger charge is -2.01. The van der Waals surface area contributed by atoms with Gasteiger partial charge in [-0.15, -0.1) is 11.8 Å². The highest BCUT2D eigenvalue weighted by Crippen LogP contribution is 2.09. The van der Waals surface area contributed by atoms with E-state index in [1.54, 1.807) is 11.8 Å². The lowest BCUT2D eigenvalue weighted by atomic mass is 10.7. The first-order valence-corrected chi connectivity index (χ1v) is 5.89. The summed E-state index contributed by atoms with van der Waals surface area (Å²) in [7, 11) is 0. The minimum absolute atomic E-state index is 0.0756. The molecule has 1 heterocycles. The van der Waals surface area contributed by atoms with Gasteiger partial charge < -0.3 is 5.32 Å². The number of thioether (sulfide) groups is 2. The third kappa shape index (κ3) is 4.20. The van der Waals surface area contributed by atoms with Crippen LogP contribution in [0.5, 0.6) is 0 Å². The molecular weight excluding hydrogens is 206 g/mol. The van der Waals surface area contributed by atoms with E-state index in [-0.39, 0.29) is 5.91 Å². The monoisotopic (exact) mass is 215 g/mol. The van der Waals surface area contributed by atoms with Gasteiger partial charge in [0.2, 0.25) is 5.91 Å². The molecule has 0 bridgehead atoms. The zero-order chi connectivity index (χ0) is 9.52. The number of hydrogen-bond donors (Lipinski definition) is 1. The van der Waals surface area contributed by atoms with E-state index in [4.69, 9.17) is 5.26 Å². The first-order chi connectivity index (χ1) is 6.33. The van der Waals surface area contributed by atoms with Crippen LogP contribution in [0.4, 0.5) is 0 Å². The van der Waals surface area contributed by atoms with E-state index >= 15 is 0 Å². The summed E-state index contributed by atoms with van der Waals surface area (Å²) in [5.41, 5.74) is 0. The smallest absolute Gasteiger partial charge is 0.235 e. The quantitative estimate of drug-likeness (QED) is 0.695. The summed E-state index contributed by atoms with van der Waals surface area (Å²) in [4.78, 5) is 15.2. The number of amidine groups is 1. The molecule has 1 aliphatic heterocycles. The molecule has 70 valence electrons. The molecule has 0 unspecified atom stereocenters. The Labute approximate surface area is 85.2 Å². The molecule has 0 aliphatic carbocycles. The fourth-order valence-electron chi connectivity index (χ4n) is 0.755. The van der Waals surface area contributed by atoms with Crippen LogP contribution in [0.3, 0.4) is 0 Å². The number of hydrogen-bond acceptors (Lipinski definition) is 5. The lowest BCUT2D eigenvalue weighted by Crippen LogP contribution is -2.28. The standard InChI is InChI=1S/C7H9N3OS2/c8-1-3-12-5-6(11)10-7-9-2-4-13-7/h2-5H2,(H,9,10,11). The summed E-state index contributed by atoms with van der Waals surface area (Å²) in [5, 5.41) is 11.6. The number of amides is 1. The molecule has 0 saturated carbocycles. The Hall–Kier alpha value is -0.670. The summed E-state index contributed by atoms with van der Waals surface area (Å²) >= 11 is 2.86. The Balaban J connectivity index is 2.14. The van der Waals surface area contributed by atoms with Gasteiger partial charge in [-0.3, -0.25) is 9.79 Å². The molecule has 1 aliphatic rings. The van der Waals surface area contributed by atoms with Gasteiger partial charge in [0.25, 0.3) is 0 Å². The van der Waals surface area contributed by atoms with Gasteiger partial charge in [-0.2, -0.15) is 5.26 Å². The largest absolute Gasteiger partial charge is 0.305 e. The van der Waals surface area contributed by atoms with E-state index < -0.39 is 0 Å². The van der Waals surface area contributed by atoms with Gasteiger partial charge in [0.1, 0.15) is 0 Å². The SMILES string of the molecule is N#CCSCC(=O)NC1=NCCS1. The average Bonchev–Trinajstić information content (AvgIpc) is 2.57. The Morgan fingerprint density at radius 1 is 1.85 bits per heavy atom. The molecule has 0 saturated heterocycles. The third-order valence-electron chi connectivity index (χ3n) is 1.23. The fraction of sp³-hybridized carbons (Fsp3) is 0.571. The van der Waals surface area contributed by atoms with E-state index in [0.717, 1.165) is 12.3 Å². The molecule has 6 heteroatoms. The molecule has 13 heavy (non-hydrogen) atoms. The molecule has 1 amide bonds. The number of nitriles is 1. The van der Waals surface area contributed by atoms with Crippen molar-refractivity contribution >= 4 is 34.6 Å². The highest BCUT2D eigenvalue weighted by Gasteiger charge is 2.10. The number of rotatable bonds is 3. The molecule has 0 atom stereocenters. The van der Waals surface area contributed by atoms with Crippen LogP contribution in [-0.4, -0.2) is 34.9 Å². The molecule has 0 aromatic heterocycles. The van der Waals surface area contributed by atoms with Crippen LogP contribution >= 0.6 is 23.5 Å². The second-order valence-electron chi connectivity index (χ2n) is 2.23. The Morgan fingerprint density at radius 2 is 2.69 bits per heavy atom. The summed E-state index contributed by atoms with van der Waals surface area (Å²) in [5.74, 6) is 1.55. The summed E-state index contributed by atoms with van der Waals surface area (Å²) < 4.78 is 0. The summed E-state index contributed by atoms with van der Waals surface area (Å²) in [6.45, 7) is 0.783. The molecule has 4 nitrogen and oxygen atoms in total. The van der Waals surface area contributed by atoms with Crippen LogP contribution < -0.4 is 5.32 Å². The first kappa shape index (κ1) is 10.4. The normalized spacial score (nSPS) is 14.8. The van der Waals surface area contributed by atoms with Crippen molar-refractivity contribution in [1.82, 2.24) is 5.32 Å². The van der Waals surface area contributed by atoms with Crippen molar-refractivity contribution in [3.8, 4) is 6.07 Å². The van der Waals surface area contributed by atoms with Gasteiger partial charge in [-0.05, 0) is 0 Å². The predicted molar refractivity (Wildman–Crippen MR) is 55.8 cm³/mol. The number of carbonyl (C=O) groups is 1. The third-order valence-corrected chi connectivity index (χ3v) is 2.92. The van der Waals surface area contributed by atoms with Crippen LogP contribution in [0.15, 0.2) is 4.99 Å². The van der Waals surface area contributed by atoms with Gasteiger partial charge in [0.05, 0.1) is 24.1 Å². The number of aliphatic imine (C=N–C) groups is 1. The molecule has 1 rings (SSSR count). The molecule has 1 N–H and O–H groups in total. The Morgan fingerprint density at radius 3 is 3.31 bits per heavy atom. The molecular formula is C7H9N3OS2. The Bertz CT molecular complexity index is 259. The Kier molecular flexibility index (Phi) is 4.72. The highest BCUT2D eigenvalue weighted by atomic mass is 32.2. The lowest BCUT2D eigenvalue weighted by molar-refractivity contribution is -0.117. The molecule has 0 aromatic rings. The van der Waals surface area contributed by atoms with Crippen LogP contribution in [0, 0.1) is 11.3 Å². The second kappa shape index (κ2) is 5.89. The molecule has 0 spiro atoms. The van der Waals surface area contributed by atoms with E-state index in [1.165, 1.54) is 11.8 Å².